The summed E-state index contributed by atoms with van der Waals surface area (Å²) in [4.78, 5) is -0.950. The number of hydrogen-bond acceptors (Lipinski definition) is 1. The Bertz CT molecular complexity index is 558. The molecular weight excluding hydrogens is 335 g/mol. The molecule has 0 bridgehead atoms. The first-order valence-electron chi connectivity index (χ1n) is 10.1. The number of rotatable bonds is 5. The van der Waals surface area contributed by atoms with E-state index in [1.54, 1.807) is 0 Å². The third-order valence-corrected chi connectivity index (χ3v) is 7.49. The van der Waals surface area contributed by atoms with Crippen LogP contribution < -0.4 is 0 Å². The van der Waals surface area contributed by atoms with Gasteiger partial charge in [-0.15, -0.1) is 11.6 Å². The summed E-state index contributed by atoms with van der Waals surface area (Å²) in [5.74, 6) is -1.53. The molecule has 1 aromatic carbocycles. The minimum Gasteiger partial charge on any atom is -0.344 e. The molecule has 0 radical (unpaired) electrons. The van der Waals surface area contributed by atoms with Crippen LogP contribution in [0.25, 0.3) is 0 Å². The molecule has 3 rings (SSSR count). The lowest BCUT2D eigenvalue weighted by atomic mass is 9.53. The van der Waals surface area contributed by atoms with Crippen LogP contribution in [0.4, 0.5) is 4.39 Å². The second-order valence-electron chi connectivity index (χ2n) is 7.87. The van der Waals surface area contributed by atoms with Gasteiger partial charge in [0.05, 0.1) is 5.41 Å². The van der Waals surface area contributed by atoms with Gasteiger partial charge in [0.25, 0.3) is 0 Å². The van der Waals surface area contributed by atoms with Crippen molar-refractivity contribution >= 4 is 11.6 Å². The summed E-state index contributed by atoms with van der Waals surface area (Å²) < 4.78 is 23.1. The van der Waals surface area contributed by atoms with Crippen molar-refractivity contribution in [2.75, 3.05) is 6.61 Å². The summed E-state index contributed by atoms with van der Waals surface area (Å²) in [5, 5.41) is 0. The highest BCUT2D eigenvalue weighted by Gasteiger charge is 2.68. The molecule has 2 aliphatic carbocycles. The standard InChI is InChI=1S/C22H32ClFO/c1-3-20(23)16-11-17-21(22(20,24)25-4-2,18-12-7-5-8-13-18)19-14-9-6-10-15-19/h5,7-8,12-13,19H,3-4,6,9-11,14-17H2,1-2H3. The fourth-order valence-corrected chi connectivity index (χ4v) is 5.95. The van der Waals surface area contributed by atoms with E-state index < -0.39 is 16.1 Å². The van der Waals surface area contributed by atoms with Crippen molar-refractivity contribution in [2.24, 2.45) is 5.92 Å². The van der Waals surface area contributed by atoms with Crippen molar-refractivity contribution in [1.82, 2.24) is 0 Å². The van der Waals surface area contributed by atoms with E-state index in [2.05, 4.69) is 12.1 Å². The predicted molar refractivity (Wildman–Crippen MR) is 103 cm³/mol. The SMILES string of the molecule is CCOC1(F)C(Cl)(CC)CCCC1(c1ccccc1)C1CCCCC1. The first-order chi connectivity index (χ1) is 12.0. The van der Waals surface area contributed by atoms with E-state index in [0.717, 1.165) is 31.2 Å². The molecule has 2 fully saturated rings. The number of halogens is 2. The summed E-state index contributed by atoms with van der Waals surface area (Å²) in [6.07, 6.45) is 8.83. The molecule has 25 heavy (non-hydrogen) atoms. The average Bonchev–Trinajstić information content (AvgIpc) is 2.66. The van der Waals surface area contributed by atoms with Crippen LogP contribution in [-0.4, -0.2) is 17.3 Å². The van der Waals surface area contributed by atoms with Gasteiger partial charge in [-0.3, -0.25) is 0 Å². The Morgan fingerprint density at radius 2 is 1.72 bits per heavy atom. The molecule has 3 unspecified atom stereocenters. The normalized spacial score (nSPS) is 37.1. The molecule has 0 saturated heterocycles. The fraction of sp³-hybridized carbons (Fsp3) is 0.727. The lowest BCUT2D eigenvalue weighted by Gasteiger charge is -2.59. The van der Waals surface area contributed by atoms with Crippen LogP contribution in [0.3, 0.4) is 0 Å². The van der Waals surface area contributed by atoms with E-state index in [9.17, 15) is 0 Å². The Morgan fingerprint density at radius 3 is 2.32 bits per heavy atom. The Hall–Kier alpha value is -0.600. The van der Waals surface area contributed by atoms with E-state index in [4.69, 9.17) is 16.3 Å². The fourth-order valence-electron chi connectivity index (χ4n) is 5.59. The van der Waals surface area contributed by atoms with Crippen LogP contribution >= 0.6 is 11.6 Å². The summed E-state index contributed by atoms with van der Waals surface area (Å²) in [7, 11) is 0. The van der Waals surface area contributed by atoms with Crippen molar-refractivity contribution in [3.8, 4) is 0 Å². The van der Waals surface area contributed by atoms with Gasteiger partial charge in [0, 0.05) is 6.61 Å². The largest absolute Gasteiger partial charge is 0.344 e. The summed E-state index contributed by atoms with van der Waals surface area (Å²) in [6.45, 7) is 4.24. The van der Waals surface area contributed by atoms with E-state index in [-0.39, 0.29) is 0 Å². The Balaban J connectivity index is 2.20. The highest BCUT2D eigenvalue weighted by molar-refractivity contribution is 6.24. The van der Waals surface area contributed by atoms with Crippen LogP contribution in [0, 0.1) is 5.92 Å². The highest BCUT2D eigenvalue weighted by atomic mass is 35.5. The zero-order chi connectivity index (χ0) is 18.0. The van der Waals surface area contributed by atoms with E-state index in [1.165, 1.54) is 19.3 Å². The molecule has 0 aliphatic heterocycles. The van der Waals surface area contributed by atoms with Gasteiger partial charge in [0.2, 0.25) is 5.85 Å². The third-order valence-electron chi connectivity index (χ3n) is 6.79. The molecule has 140 valence electrons. The zero-order valence-corrected chi connectivity index (χ0v) is 16.5. The van der Waals surface area contributed by atoms with E-state index >= 15 is 4.39 Å². The highest BCUT2D eigenvalue weighted by Crippen LogP contribution is 2.63. The van der Waals surface area contributed by atoms with E-state index in [0.29, 0.717) is 25.4 Å². The van der Waals surface area contributed by atoms with Gasteiger partial charge >= 0.3 is 0 Å². The maximum atomic E-state index is 17.1. The Labute approximate surface area is 157 Å². The molecule has 3 heteroatoms. The first kappa shape index (κ1) is 19.2. The van der Waals surface area contributed by atoms with Crippen molar-refractivity contribution in [3.63, 3.8) is 0 Å². The minimum absolute atomic E-state index is 0.296. The molecule has 2 aliphatic rings. The molecule has 0 aromatic heterocycles. The summed E-state index contributed by atoms with van der Waals surface area (Å²) >= 11 is 7.00. The van der Waals surface area contributed by atoms with Crippen LogP contribution in [0.5, 0.6) is 0 Å². The van der Waals surface area contributed by atoms with Crippen LogP contribution in [0.2, 0.25) is 0 Å². The van der Waals surface area contributed by atoms with Gasteiger partial charge in [-0.1, -0.05) is 62.9 Å². The summed E-state index contributed by atoms with van der Waals surface area (Å²) in [5.41, 5.74) is 0.441. The molecule has 0 heterocycles. The number of alkyl halides is 2. The van der Waals surface area contributed by atoms with Crippen LogP contribution in [-0.2, 0) is 10.2 Å². The molecular formula is C22H32ClFO. The predicted octanol–water partition coefficient (Wildman–Crippen LogP) is 6.78. The topological polar surface area (TPSA) is 9.23 Å². The summed E-state index contributed by atoms with van der Waals surface area (Å²) in [6, 6.07) is 10.3. The Kier molecular flexibility index (Phi) is 5.80. The molecule has 3 atom stereocenters. The third kappa shape index (κ3) is 2.94. The zero-order valence-electron chi connectivity index (χ0n) is 15.7. The maximum Gasteiger partial charge on any atom is 0.238 e. The van der Waals surface area contributed by atoms with Crippen LogP contribution in [0.15, 0.2) is 30.3 Å². The second kappa shape index (κ2) is 7.56. The van der Waals surface area contributed by atoms with Gasteiger partial charge < -0.3 is 4.74 Å². The monoisotopic (exact) mass is 366 g/mol. The lowest BCUT2D eigenvalue weighted by molar-refractivity contribution is -0.249. The number of ether oxygens (including phenoxy) is 1. The Morgan fingerprint density at radius 1 is 1.04 bits per heavy atom. The lowest BCUT2D eigenvalue weighted by Crippen LogP contribution is -2.67. The van der Waals surface area contributed by atoms with Crippen molar-refractivity contribution < 1.29 is 9.13 Å². The second-order valence-corrected chi connectivity index (χ2v) is 8.60. The van der Waals surface area contributed by atoms with Crippen molar-refractivity contribution in [3.05, 3.63) is 35.9 Å². The van der Waals surface area contributed by atoms with Gasteiger partial charge in [0.15, 0.2) is 0 Å². The van der Waals surface area contributed by atoms with Gasteiger partial charge in [-0.25, -0.2) is 4.39 Å². The minimum atomic E-state index is -1.83. The maximum absolute atomic E-state index is 17.1. The van der Waals surface area contributed by atoms with Crippen LogP contribution in [0.1, 0.15) is 77.2 Å². The van der Waals surface area contributed by atoms with Crippen molar-refractivity contribution in [2.45, 2.75) is 87.8 Å². The van der Waals surface area contributed by atoms with Crippen molar-refractivity contribution in [1.29, 1.82) is 0 Å². The molecule has 0 amide bonds. The molecule has 1 nitrogen and oxygen atoms in total. The first-order valence-corrected chi connectivity index (χ1v) is 10.5. The van der Waals surface area contributed by atoms with Gasteiger partial charge in [-0.2, -0.15) is 0 Å². The van der Waals surface area contributed by atoms with Gasteiger partial charge in [0.1, 0.15) is 4.87 Å². The average molecular weight is 367 g/mol. The molecule has 1 aromatic rings. The molecule has 0 spiro atoms. The molecule has 2 saturated carbocycles. The van der Waals surface area contributed by atoms with E-state index in [1.807, 2.05) is 32.0 Å². The van der Waals surface area contributed by atoms with Gasteiger partial charge in [-0.05, 0) is 50.5 Å². The smallest absolute Gasteiger partial charge is 0.238 e. The number of benzene rings is 1. The number of hydrogen-bond donors (Lipinski definition) is 0. The molecule has 0 N–H and O–H groups in total. The quantitative estimate of drug-likeness (QED) is 0.522.